The summed E-state index contributed by atoms with van der Waals surface area (Å²) in [6.07, 6.45) is -0.378. The fourth-order valence-electron chi connectivity index (χ4n) is 1.57. The van der Waals surface area contributed by atoms with Crippen molar-refractivity contribution in [2.24, 2.45) is 0 Å². The van der Waals surface area contributed by atoms with E-state index in [1.54, 1.807) is 19.1 Å². The number of esters is 1. The van der Waals surface area contributed by atoms with Gasteiger partial charge in [-0.3, -0.25) is 9.59 Å². The Balaban J connectivity index is 2.84. The summed E-state index contributed by atoms with van der Waals surface area (Å²) in [7, 11) is -2.78. The number of carboxylic acids is 1. The number of aliphatic carboxylic acids is 1. The summed E-state index contributed by atoms with van der Waals surface area (Å²) in [5.74, 6) is -1.95. The van der Waals surface area contributed by atoms with E-state index < -0.39 is 28.0 Å². The molecule has 0 aromatic heterocycles. The Morgan fingerprint density at radius 2 is 1.86 bits per heavy atom. The van der Waals surface area contributed by atoms with Gasteiger partial charge < -0.3 is 9.84 Å². The van der Waals surface area contributed by atoms with Gasteiger partial charge in [0, 0.05) is 6.42 Å². The first-order valence-electron chi connectivity index (χ1n) is 6.15. The third-order valence-electron chi connectivity index (χ3n) is 2.79. The van der Waals surface area contributed by atoms with Crippen LogP contribution < -0.4 is 4.72 Å². The molecule has 1 aromatic rings. The monoisotopic (exact) mass is 315 g/mol. The SMILES string of the molecule is COC(=O)CC[C@@H](NS(=O)(=O)c1ccc(C)cc1)C(=O)O. The smallest absolute Gasteiger partial charge is 0.321 e. The highest BCUT2D eigenvalue weighted by Gasteiger charge is 2.26. The lowest BCUT2D eigenvalue weighted by Crippen LogP contribution is -2.41. The number of carbonyl (C=O) groups is 2. The molecule has 0 fully saturated rings. The Morgan fingerprint density at radius 1 is 1.29 bits per heavy atom. The van der Waals surface area contributed by atoms with Crippen LogP contribution in [0.15, 0.2) is 29.2 Å². The van der Waals surface area contributed by atoms with Gasteiger partial charge in [0.2, 0.25) is 10.0 Å². The van der Waals surface area contributed by atoms with Crippen LogP contribution in [-0.2, 0) is 24.3 Å². The molecule has 0 spiro atoms. The number of methoxy groups -OCH3 is 1. The number of aryl methyl sites for hydroxylation is 1. The molecule has 0 aliphatic carbocycles. The molecule has 7 nitrogen and oxygen atoms in total. The van der Waals surface area contributed by atoms with E-state index in [0.29, 0.717) is 0 Å². The van der Waals surface area contributed by atoms with Gasteiger partial charge in [-0.15, -0.1) is 0 Å². The molecular weight excluding hydrogens is 298 g/mol. The van der Waals surface area contributed by atoms with Crippen LogP contribution in [0.5, 0.6) is 0 Å². The Hall–Kier alpha value is -1.93. The molecule has 0 aliphatic rings. The molecule has 1 rings (SSSR count). The predicted molar refractivity (Wildman–Crippen MR) is 74.2 cm³/mol. The van der Waals surface area contributed by atoms with Gasteiger partial charge in [-0.25, -0.2) is 8.42 Å². The van der Waals surface area contributed by atoms with Crippen molar-refractivity contribution >= 4 is 22.0 Å². The Bertz CT molecular complexity index is 608. The molecule has 1 atom stereocenters. The van der Waals surface area contributed by atoms with Crippen LogP contribution >= 0.6 is 0 Å². The summed E-state index contributed by atoms with van der Waals surface area (Å²) in [4.78, 5) is 22.1. The highest BCUT2D eigenvalue weighted by molar-refractivity contribution is 7.89. The van der Waals surface area contributed by atoms with Crippen LogP contribution in [0.1, 0.15) is 18.4 Å². The Kier molecular flexibility index (Phi) is 5.86. The first-order chi connectivity index (χ1) is 9.76. The van der Waals surface area contributed by atoms with Crippen LogP contribution in [0.2, 0.25) is 0 Å². The summed E-state index contributed by atoms with van der Waals surface area (Å²) in [5, 5.41) is 9.03. The lowest BCUT2D eigenvalue weighted by Gasteiger charge is -2.14. The Labute approximate surface area is 123 Å². The second-order valence-corrected chi connectivity index (χ2v) is 6.15. The van der Waals surface area contributed by atoms with Crippen molar-refractivity contribution in [1.82, 2.24) is 4.72 Å². The minimum atomic E-state index is -3.96. The van der Waals surface area contributed by atoms with E-state index in [2.05, 4.69) is 9.46 Å². The summed E-state index contributed by atoms with van der Waals surface area (Å²) in [6.45, 7) is 1.81. The molecule has 2 N–H and O–H groups in total. The van der Waals surface area contributed by atoms with Crippen molar-refractivity contribution in [3.8, 4) is 0 Å². The van der Waals surface area contributed by atoms with Crippen LogP contribution in [0, 0.1) is 6.92 Å². The highest BCUT2D eigenvalue weighted by Crippen LogP contribution is 2.12. The molecule has 0 heterocycles. The number of nitrogens with one attached hydrogen (secondary N) is 1. The topological polar surface area (TPSA) is 110 Å². The van der Waals surface area contributed by atoms with Crippen molar-refractivity contribution in [2.45, 2.75) is 30.7 Å². The van der Waals surface area contributed by atoms with Gasteiger partial charge in [0.15, 0.2) is 0 Å². The van der Waals surface area contributed by atoms with E-state index >= 15 is 0 Å². The molecule has 21 heavy (non-hydrogen) atoms. The molecule has 0 unspecified atom stereocenters. The second-order valence-electron chi connectivity index (χ2n) is 4.44. The molecular formula is C13H17NO6S. The molecule has 116 valence electrons. The van der Waals surface area contributed by atoms with Gasteiger partial charge in [0.1, 0.15) is 6.04 Å². The van der Waals surface area contributed by atoms with E-state index in [1.165, 1.54) is 19.2 Å². The first kappa shape index (κ1) is 17.1. The van der Waals surface area contributed by atoms with Gasteiger partial charge in [0.05, 0.1) is 12.0 Å². The lowest BCUT2D eigenvalue weighted by atomic mass is 10.2. The molecule has 0 amide bonds. The van der Waals surface area contributed by atoms with Gasteiger partial charge in [-0.05, 0) is 25.5 Å². The molecule has 1 aromatic carbocycles. The van der Waals surface area contributed by atoms with Crippen molar-refractivity contribution in [1.29, 1.82) is 0 Å². The molecule has 0 bridgehead atoms. The number of rotatable bonds is 7. The number of hydrogen-bond donors (Lipinski definition) is 2. The number of sulfonamides is 1. The van der Waals surface area contributed by atoms with Gasteiger partial charge in [-0.1, -0.05) is 17.7 Å². The quantitative estimate of drug-likeness (QED) is 0.716. The molecule has 0 saturated heterocycles. The van der Waals surface area contributed by atoms with E-state index in [9.17, 15) is 18.0 Å². The fraction of sp³-hybridized carbons (Fsp3) is 0.385. The van der Waals surface area contributed by atoms with Crippen molar-refractivity contribution in [3.63, 3.8) is 0 Å². The highest BCUT2D eigenvalue weighted by atomic mass is 32.2. The van der Waals surface area contributed by atoms with Crippen molar-refractivity contribution in [3.05, 3.63) is 29.8 Å². The van der Waals surface area contributed by atoms with E-state index in [1.807, 2.05) is 0 Å². The minimum absolute atomic E-state index is 0.0302. The number of ether oxygens (including phenoxy) is 1. The van der Waals surface area contributed by atoms with Crippen LogP contribution in [0.4, 0.5) is 0 Å². The zero-order valence-electron chi connectivity index (χ0n) is 11.7. The largest absolute Gasteiger partial charge is 0.480 e. The van der Waals surface area contributed by atoms with Crippen molar-refractivity contribution < 1.29 is 27.9 Å². The third-order valence-corrected chi connectivity index (χ3v) is 4.28. The maximum absolute atomic E-state index is 12.1. The normalized spacial score (nSPS) is 12.7. The average molecular weight is 315 g/mol. The molecule has 8 heteroatoms. The number of carbonyl (C=O) groups excluding carboxylic acids is 1. The van der Waals surface area contributed by atoms with Gasteiger partial charge in [0.25, 0.3) is 0 Å². The van der Waals surface area contributed by atoms with Gasteiger partial charge >= 0.3 is 11.9 Å². The third kappa shape index (κ3) is 5.16. The summed E-state index contributed by atoms with van der Waals surface area (Å²) in [6, 6.07) is 4.60. The van der Waals surface area contributed by atoms with E-state index in [-0.39, 0.29) is 17.7 Å². The zero-order chi connectivity index (χ0) is 16.0. The van der Waals surface area contributed by atoms with Crippen LogP contribution in [-0.4, -0.2) is 38.6 Å². The standard InChI is InChI=1S/C13H17NO6S/c1-9-3-5-10(6-4-9)21(18,19)14-11(13(16)17)7-8-12(15)20-2/h3-6,11,14H,7-8H2,1-2H3,(H,16,17)/t11-/m1/s1. The summed E-state index contributed by atoms with van der Waals surface area (Å²) >= 11 is 0. The average Bonchev–Trinajstić information content (AvgIpc) is 2.43. The zero-order valence-corrected chi connectivity index (χ0v) is 12.5. The maximum atomic E-state index is 12.1. The molecule has 0 radical (unpaired) electrons. The molecule has 0 aliphatic heterocycles. The lowest BCUT2D eigenvalue weighted by molar-refractivity contribution is -0.142. The Morgan fingerprint density at radius 3 is 2.33 bits per heavy atom. The maximum Gasteiger partial charge on any atom is 0.321 e. The van der Waals surface area contributed by atoms with E-state index in [4.69, 9.17) is 5.11 Å². The van der Waals surface area contributed by atoms with E-state index in [0.717, 1.165) is 5.56 Å². The fourth-order valence-corrected chi connectivity index (χ4v) is 2.79. The first-order valence-corrected chi connectivity index (χ1v) is 7.63. The van der Waals surface area contributed by atoms with Crippen LogP contribution in [0.3, 0.4) is 0 Å². The minimum Gasteiger partial charge on any atom is -0.480 e. The number of benzene rings is 1. The number of hydrogen-bond acceptors (Lipinski definition) is 5. The summed E-state index contributed by atoms with van der Waals surface area (Å²) < 4.78 is 30.6. The van der Waals surface area contributed by atoms with Crippen LogP contribution in [0.25, 0.3) is 0 Å². The molecule has 0 saturated carbocycles. The van der Waals surface area contributed by atoms with Crippen molar-refractivity contribution in [2.75, 3.05) is 7.11 Å². The predicted octanol–water partition coefficient (Wildman–Crippen LogP) is 0.680. The summed E-state index contributed by atoms with van der Waals surface area (Å²) in [5.41, 5.74) is 0.884. The second kappa shape index (κ2) is 7.19. The number of carboxylic acid groups (broad SMARTS) is 1. The van der Waals surface area contributed by atoms with Gasteiger partial charge in [-0.2, -0.15) is 4.72 Å².